The molecule has 0 aliphatic carbocycles. The first-order valence-corrected chi connectivity index (χ1v) is 5.38. The second kappa shape index (κ2) is 4.87. The number of alkyl halides is 3. The van der Waals surface area contributed by atoms with Gasteiger partial charge < -0.3 is 9.84 Å². The van der Waals surface area contributed by atoms with E-state index in [0.717, 1.165) is 0 Å². The average molecular weight is 286 g/mol. The molecule has 1 aromatic carbocycles. The molecular weight excluding hydrogens is 277 g/mol. The van der Waals surface area contributed by atoms with Crippen molar-refractivity contribution in [1.29, 1.82) is 0 Å². The Morgan fingerprint density at radius 1 is 1.35 bits per heavy atom. The number of hydrogen-bond acceptors (Lipinski definition) is 3. The van der Waals surface area contributed by atoms with Crippen LogP contribution < -0.4 is 4.74 Å². The maximum absolute atomic E-state index is 12.6. The summed E-state index contributed by atoms with van der Waals surface area (Å²) in [5.74, 6) is -1.30. The van der Waals surface area contributed by atoms with Crippen LogP contribution in [0, 0.1) is 0 Å². The van der Waals surface area contributed by atoms with Crippen LogP contribution in [0.2, 0.25) is 0 Å². The van der Waals surface area contributed by atoms with Crippen LogP contribution in [0.1, 0.15) is 16.2 Å². The van der Waals surface area contributed by atoms with E-state index in [1.54, 1.807) is 12.1 Å². The molecule has 0 bridgehead atoms. The van der Waals surface area contributed by atoms with Gasteiger partial charge in [-0.05, 0) is 12.1 Å². The number of rotatable bonds is 3. The predicted molar refractivity (Wildman–Crippen MR) is 62.1 cm³/mol. The zero-order valence-corrected chi connectivity index (χ0v) is 10.2. The molecule has 0 unspecified atom stereocenters. The zero-order valence-electron chi connectivity index (χ0n) is 10.2. The monoisotopic (exact) mass is 286 g/mol. The van der Waals surface area contributed by atoms with Gasteiger partial charge in [-0.2, -0.15) is 18.3 Å². The third kappa shape index (κ3) is 2.44. The van der Waals surface area contributed by atoms with Gasteiger partial charge in [0, 0.05) is 6.07 Å². The van der Waals surface area contributed by atoms with E-state index in [0.29, 0.717) is 10.7 Å². The first-order chi connectivity index (χ1) is 9.34. The number of aromatic nitrogens is 2. The van der Waals surface area contributed by atoms with Crippen molar-refractivity contribution >= 4 is 5.97 Å². The van der Waals surface area contributed by atoms with Gasteiger partial charge in [0.25, 0.3) is 0 Å². The lowest BCUT2D eigenvalue weighted by Crippen LogP contribution is -2.10. The Morgan fingerprint density at radius 2 is 2.00 bits per heavy atom. The van der Waals surface area contributed by atoms with E-state index < -0.39 is 23.5 Å². The summed E-state index contributed by atoms with van der Waals surface area (Å²) in [5, 5.41) is 12.3. The first kappa shape index (κ1) is 13.9. The fraction of sp³-hybridized carbons (Fsp3) is 0.167. The zero-order chi connectivity index (χ0) is 14.9. The molecule has 2 rings (SSSR count). The van der Waals surface area contributed by atoms with Crippen molar-refractivity contribution < 1.29 is 27.8 Å². The highest BCUT2D eigenvalue weighted by atomic mass is 19.4. The van der Waals surface area contributed by atoms with Crippen molar-refractivity contribution in [2.45, 2.75) is 6.18 Å². The molecular formula is C12H9F3N2O3. The normalized spacial score (nSPS) is 11.4. The highest BCUT2D eigenvalue weighted by Crippen LogP contribution is 2.31. The second-order valence-corrected chi connectivity index (χ2v) is 3.80. The molecule has 106 valence electrons. The van der Waals surface area contributed by atoms with Gasteiger partial charge in [0.1, 0.15) is 11.4 Å². The molecule has 1 N–H and O–H groups in total. The van der Waals surface area contributed by atoms with Crippen molar-refractivity contribution in [3.05, 3.63) is 41.7 Å². The van der Waals surface area contributed by atoms with Crippen LogP contribution in [-0.2, 0) is 6.18 Å². The number of carboxylic acid groups (broad SMARTS) is 1. The molecule has 1 aromatic heterocycles. The van der Waals surface area contributed by atoms with Gasteiger partial charge in [0.05, 0.1) is 7.11 Å². The third-order valence-corrected chi connectivity index (χ3v) is 2.53. The Labute approximate surface area is 111 Å². The van der Waals surface area contributed by atoms with Crippen LogP contribution >= 0.6 is 0 Å². The SMILES string of the molecule is COc1ccccc1-n1nc(C(F)(F)F)cc1C(=O)O. The van der Waals surface area contributed by atoms with Crippen LogP contribution in [0.25, 0.3) is 5.69 Å². The molecule has 1 heterocycles. The smallest absolute Gasteiger partial charge is 0.435 e. The molecule has 0 saturated heterocycles. The van der Waals surface area contributed by atoms with Gasteiger partial charge in [0.2, 0.25) is 0 Å². The van der Waals surface area contributed by atoms with Crippen molar-refractivity contribution in [2.75, 3.05) is 7.11 Å². The highest BCUT2D eigenvalue weighted by molar-refractivity contribution is 5.86. The van der Waals surface area contributed by atoms with Gasteiger partial charge in [-0.3, -0.25) is 0 Å². The molecule has 20 heavy (non-hydrogen) atoms. The molecule has 0 aliphatic rings. The van der Waals surface area contributed by atoms with E-state index in [1.807, 2.05) is 0 Å². The van der Waals surface area contributed by atoms with E-state index in [1.165, 1.54) is 19.2 Å². The van der Waals surface area contributed by atoms with Gasteiger partial charge in [0.15, 0.2) is 11.4 Å². The largest absolute Gasteiger partial charge is 0.494 e. The Balaban J connectivity index is 2.67. The summed E-state index contributed by atoms with van der Waals surface area (Å²) in [6.45, 7) is 0. The Kier molecular flexibility index (Phi) is 3.39. The number of halogens is 3. The van der Waals surface area contributed by atoms with E-state index in [9.17, 15) is 18.0 Å². The van der Waals surface area contributed by atoms with E-state index in [4.69, 9.17) is 9.84 Å². The summed E-state index contributed by atoms with van der Waals surface area (Å²) in [5.41, 5.74) is -1.76. The number of para-hydroxylation sites is 2. The topological polar surface area (TPSA) is 64.4 Å². The third-order valence-electron chi connectivity index (χ3n) is 2.53. The van der Waals surface area contributed by atoms with Crippen LogP contribution in [0.3, 0.4) is 0 Å². The van der Waals surface area contributed by atoms with Crippen molar-refractivity contribution in [1.82, 2.24) is 9.78 Å². The van der Waals surface area contributed by atoms with Crippen molar-refractivity contribution in [3.8, 4) is 11.4 Å². The van der Waals surface area contributed by atoms with Crippen LogP contribution in [0.4, 0.5) is 13.2 Å². The lowest BCUT2D eigenvalue weighted by molar-refractivity contribution is -0.141. The molecule has 8 heteroatoms. The molecule has 5 nitrogen and oxygen atoms in total. The summed E-state index contributed by atoms with van der Waals surface area (Å²) < 4.78 is 43.6. The van der Waals surface area contributed by atoms with Crippen LogP contribution in [-0.4, -0.2) is 28.0 Å². The summed E-state index contributed by atoms with van der Waals surface area (Å²) in [6.07, 6.45) is -4.72. The second-order valence-electron chi connectivity index (χ2n) is 3.80. The van der Waals surface area contributed by atoms with Crippen molar-refractivity contribution in [3.63, 3.8) is 0 Å². The Bertz CT molecular complexity index is 650. The molecule has 0 amide bonds. The maximum Gasteiger partial charge on any atom is 0.435 e. The maximum atomic E-state index is 12.6. The minimum atomic E-state index is -4.72. The van der Waals surface area contributed by atoms with Gasteiger partial charge >= 0.3 is 12.1 Å². The number of nitrogens with zero attached hydrogens (tertiary/aromatic N) is 2. The fourth-order valence-electron chi connectivity index (χ4n) is 1.66. The summed E-state index contributed by atoms with van der Waals surface area (Å²) in [4.78, 5) is 11.1. The standard InChI is InChI=1S/C12H9F3N2O3/c1-20-9-5-3-2-4-7(9)17-8(11(18)19)6-10(16-17)12(13,14)15/h2-6H,1H3,(H,18,19). The lowest BCUT2D eigenvalue weighted by Gasteiger charge is -2.09. The first-order valence-electron chi connectivity index (χ1n) is 5.38. The van der Waals surface area contributed by atoms with Gasteiger partial charge in [-0.1, -0.05) is 12.1 Å². The Morgan fingerprint density at radius 3 is 2.55 bits per heavy atom. The van der Waals surface area contributed by atoms with Gasteiger partial charge in [-0.25, -0.2) is 9.48 Å². The van der Waals surface area contributed by atoms with E-state index >= 15 is 0 Å². The minimum Gasteiger partial charge on any atom is -0.494 e. The number of benzene rings is 1. The van der Waals surface area contributed by atoms with Gasteiger partial charge in [-0.15, -0.1) is 0 Å². The Hall–Kier alpha value is -2.51. The predicted octanol–water partition coefficient (Wildman–Crippen LogP) is 2.60. The molecule has 2 aromatic rings. The molecule has 0 atom stereocenters. The molecule has 0 radical (unpaired) electrons. The number of hydrogen-bond donors (Lipinski definition) is 1. The number of ether oxygens (including phenoxy) is 1. The minimum absolute atomic E-state index is 0.114. The summed E-state index contributed by atoms with van der Waals surface area (Å²) >= 11 is 0. The summed E-state index contributed by atoms with van der Waals surface area (Å²) in [6, 6.07) is 6.54. The quantitative estimate of drug-likeness (QED) is 0.942. The number of carbonyl (C=O) groups is 1. The average Bonchev–Trinajstić information content (AvgIpc) is 2.83. The molecule has 0 spiro atoms. The highest BCUT2D eigenvalue weighted by Gasteiger charge is 2.36. The summed E-state index contributed by atoms with van der Waals surface area (Å²) in [7, 11) is 1.33. The molecule has 0 fully saturated rings. The van der Waals surface area contributed by atoms with E-state index in [-0.39, 0.29) is 11.4 Å². The van der Waals surface area contributed by atoms with Crippen LogP contribution in [0.5, 0.6) is 5.75 Å². The molecule has 0 saturated carbocycles. The van der Waals surface area contributed by atoms with E-state index in [2.05, 4.69) is 5.10 Å². The number of carboxylic acids is 1. The van der Waals surface area contributed by atoms with Crippen molar-refractivity contribution in [2.24, 2.45) is 0 Å². The number of aromatic carboxylic acids is 1. The fourth-order valence-corrected chi connectivity index (χ4v) is 1.66. The lowest BCUT2D eigenvalue weighted by atomic mass is 10.3. The van der Waals surface area contributed by atoms with Crippen LogP contribution in [0.15, 0.2) is 30.3 Å². The number of methoxy groups -OCH3 is 1. The molecule has 0 aliphatic heterocycles.